The molecule has 0 radical (unpaired) electrons. The van der Waals surface area contributed by atoms with Gasteiger partial charge in [-0.3, -0.25) is 4.79 Å². The normalized spacial score (nSPS) is 48.4. The van der Waals surface area contributed by atoms with E-state index in [0.29, 0.717) is 23.7 Å². The third-order valence-electron chi connectivity index (χ3n) is 5.63. The van der Waals surface area contributed by atoms with Crippen LogP contribution in [-0.2, 0) is 9.53 Å². The van der Waals surface area contributed by atoms with Crippen molar-refractivity contribution in [2.24, 2.45) is 35.0 Å². The molecule has 0 aromatic carbocycles. The van der Waals surface area contributed by atoms with Crippen molar-refractivity contribution in [2.45, 2.75) is 32.9 Å². The van der Waals surface area contributed by atoms with Gasteiger partial charge in [-0.05, 0) is 36.0 Å². The second-order valence-electron chi connectivity index (χ2n) is 6.11. The van der Waals surface area contributed by atoms with E-state index in [0.717, 1.165) is 6.42 Å². The summed E-state index contributed by atoms with van der Waals surface area (Å²) in [6, 6.07) is 0. The summed E-state index contributed by atoms with van der Waals surface area (Å²) in [5.41, 5.74) is -0.421. The van der Waals surface area contributed by atoms with Crippen LogP contribution in [0.3, 0.4) is 0 Å². The Labute approximate surface area is 104 Å². The van der Waals surface area contributed by atoms with Gasteiger partial charge >= 0.3 is 12.1 Å². The quantitative estimate of drug-likeness (QED) is 0.731. The average Bonchev–Trinajstić information content (AvgIpc) is 2.54. The molecule has 0 aromatic rings. The first-order chi connectivity index (χ1) is 8.30. The number of ether oxygens (including phenoxy) is 1. The minimum atomic E-state index is -4.25. The first kappa shape index (κ1) is 12.3. The predicted molar refractivity (Wildman–Crippen MR) is 57.5 cm³/mol. The van der Waals surface area contributed by atoms with Crippen molar-refractivity contribution in [3.63, 3.8) is 0 Å². The first-order valence-corrected chi connectivity index (χ1v) is 6.54. The van der Waals surface area contributed by atoms with Gasteiger partial charge in [0.05, 0.1) is 18.4 Å². The summed E-state index contributed by atoms with van der Waals surface area (Å²) in [6.45, 7) is 3.68. The molecular weight excluding hydrogens is 245 g/mol. The Hall–Kier alpha value is -0.740. The van der Waals surface area contributed by atoms with E-state index >= 15 is 0 Å². The fourth-order valence-electron chi connectivity index (χ4n) is 4.94. The molecular formula is C13H17F3O2. The Kier molecular flexibility index (Phi) is 2.34. The molecule has 5 heteroatoms. The van der Waals surface area contributed by atoms with Crippen LogP contribution in [0, 0.1) is 35.0 Å². The van der Waals surface area contributed by atoms with Crippen molar-refractivity contribution in [1.29, 1.82) is 0 Å². The zero-order valence-corrected chi connectivity index (χ0v) is 10.5. The van der Waals surface area contributed by atoms with Gasteiger partial charge in [-0.2, -0.15) is 13.2 Å². The van der Waals surface area contributed by atoms with Gasteiger partial charge in [0, 0.05) is 0 Å². The summed E-state index contributed by atoms with van der Waals surface area (Å²) < 4.78 is 41.0. The monoisotopic (exact) mass is 262 g/mol. The smallest absolute Gasteiger partial charge is 0.392 e. The van der Waals surface area contributed by atoms with E-state index in [4.69, 9.17) is 4.74 Å². The molecule has 0 N–H and O–H groups in total. The van der Waals surface area contributed by atoms with Gasteiger partial charge in [0.15, 0.2) is 0 Å². The summed E-state index contributed by atoms with van der Waals surface area (Å²) in [7, 11) is 0. The molecule has 0 saturated heterocycles. The van der Waals surface area contributed by atoms with Crippen LogP contribution < -0.4 is 0 Å². The Morgan fingerprint density at radius 1 is 1.39 bits per heavy atom. The fraction of sp³-hybridized carbons (Fsp3) is 0.923. The van der Waals surface area contributed by atoms with E-state index in [1.807, 2.05) is 0 Å². The molecule has 4 aliphatic rings. The Morgan fingerprint density at radius 2 is 2.06 bits per heavy atom. The number of carbonyl (C=O) groups is 1. The average molecular weight is 262 g/mol. The number of carbonyl (C=O) groups excluding carboxylic acids is 1. The van der Waals surface area contributed by atoms with E-state index in [1.54, 1.807) is 0 Å². The van der Waals surface area contributed by atoms with Gasteiger partial charge in [0.2, 0.25) is 0 Å². The summed E-state index contributed by atoms with van der Waals surface area (Å²) in [5.74, 6) is 1.75. The van der Waals surface area contributed by atoms with Gasteiger partial charge in [0.25, 0.3) is 0 Å². The highest BCUT2D eigenvalue weighted by atomic mass is 19.4. The van der Waals surface area contributed by atoms with Crippen molar-refractivity contribution in [1.82, 2.24) is 0 Å². The molecule has 4 aliphatic carbocycles. The standard InChI is InChI=1S/C13H17F3O2/c1-6-8-5-9-10(6)13(9,7(8)2)11(17)18-4-3-12(14,15)16/h6-10H,3-5H2,1-2H3. The number of halogens is 3. The number of alkyl halides is 3. The van der Waals surface area contributed by atoms with Crippen LogP contribution in [0.15, 0.2) is 0 Å². The minimum Gasteiger partial charge on any atom is -0.465 e. The fourth-order valence-corrected chi connectivity index (χ4v) is 4.94. The van der Waals surface area contributed by atoms with Crippen molar-refractivity contribution in [2.75, 3.05) is 6.61 Å². The van der Waals surface area contributed by atoms with Gasteiger partial charge in [0.1, 0.15) is 0 Å². The third-order valence-corrected chi connectivity index (χ3v) is 5.63. The van der Waals surface area contributed by atoms with E-state index in [-0.39, 0.29) is 11.9 Å². The largest absolute Gasteiger partial charge is 0.465 e. The van der Waals surface area contributed by atoms with Gasteiger partial charge in [-0.15, -0.1) is 0 Å². The molecule has 0 aliphatic heterocycles. The minimum absolute atomic E-state index is 0.279. The van der Waals surface area contributed by atoms with E-state index in [9.17, 15) is 18.0 Å². The lowest BCUT2D eigenvalue weighted by Gasteiger charge is -2.18. The van der Waals surface area contributed by atoms with Crippen LogP contribution in [0.4, 0.5) is 13.2 Å². The molecule has 4 bridgehead atoms. The number of hydrogen-bond donors (Lipinski definition) is 0. The van der Waals surface area contributed by atoms with Crippen molar-refractivity contribution in [3.05, 3.63) is 0 Å². The highest BCUT2D eigenvalue weighted by Gasteiger charge is 2.84. The van der Waals surface area contributed by atoms with Gasteiger partial charge in [-0.1, -0.05) is 13.8 Å². The lowest BCUT2D eigenvalue weighted by Crippen LogP contribution is -2.27. The maximum Gasteiger partial charge on any atom is 0.392 e. The van der Waals surface area contributed by atoms with Crippen LogP contribution in [-0.4, -0.2) is 18.8 Å². The molecule has 2 nitrogen and oxygen atoms in total. The topological polar surface area (TPSA) is 26.3 Å². The lowest BCUT2D eigenvalue weighted by molar-refractivity contribution is -0.164. The maximum atomic E-state index is 12.1. The summed E-state index contributed by atoms with van der Waals surface area (Å²) in [5, 5.41) is 0. The SMILES string of the molecule is CC1C2CC3C1C3(C(=O)OCCC(F)(F)F)C2C. The second-order valence-corrected chi connectivity index (χ2v) is 6.11. The zero-order chi connectivity index (χ0) is 13.3. The molecule has 0 spiro atoms. The lowest BCUT2D eigenvalue weighted by atomic mass is 9.90. The molecule has 18 heavy (non-hydrogen) atoms. The molecule has 6 unspecified atom stereocenters. The van der Waals surface area contributed by atoms with E-state index in [2.05, 4.69) is 13.8 Å². The highest BCUT2D eigenvalue weighted by Crippen LogP contribution is 2.83. The molecule has 4 fully saturated rings. The van der Waals surface area contributed by atoms with Crippen LogP contribution >= 0.6 is 0 Å². The van der Waals surface area contributed by atoms with Gasteiger partial charge in [-0.25, -0.2) is 0 Å². The third kappa shape index (κ3) is 1.33. The summed E-state index contributed by atoms with van der Waals surface area (Å²) in [4.78, 5) is 12.1. The number of rotatable bonds is 3. The molecule has 4 saturated carbocycles. The second kappa shape index (κ2) is 3.42. The Morgan fingerprint density at radius 3 is 2.44 bits per heavy atom. The molecule has 0 aromatic heterocycles. The van der Waals surface area contributed by atoms with Crippen LogP contribution in [0.2, 0.25) is 0 Å². The highest BCUT2D eigenvalue weighted by molar-refractivity contribution is 5.84. The Bertz CT molecular complexity index is 388. The number of hydrogen-bond acceptors (Lipinski definition) is 2. The van der Waals surface area contributed by atoms with Crippen molar-refractivity contribution in [3.8, 4) is 0 Å². The van der Waals surface area contributed by atoms with Crippen LogP contribution in [0.5, 0.6) is 0 Å². The first-order valence-electron chi connectivity index (χ1n) is 6.54. The molecule has 0 heterocycles. The summed E-state index contributed by atoms with van der Waals surface area (Å²) >= 11 is 0. The van der Waals surface area contributed by atoms with Crippen LogP contribution in [0.1, 0.15) is 26.7 Å². The Balaban J connectivity index is 1.62. The predicted octanol–water partition coefficient (Wildman–Crippen LogP) is 3.02. The molecule has 102 valence electrons. The zero-order valence-electron chi connectivity index (χ0n) is 10.5. The van der Waals surface area contributed by atoms with Crippen molar-refractivity contribution < 1.29 is 22.7 Å². The van der Waals surface area contributed by atoms with Crippen molar-refractivity contribution >= 4 is 5.97 Å². The van der Waals surface area contributed by atoms with E-state index in [1.165, 1.54) is 0 Å². The summed E-state index contributed by atoms with van der Waals surface area (Å²) in [6.07, 6.45) is -4.24. The molecule has 4 rings (SSSR count). The number of esters is 1. The molecule has 0 amide bonds. The van der Waals surface area contributed by atoms with E-state index < -0.39 is 24.6 Å². The van der Waals surface area contributed by atoms with Gasteiger partial charge < -0.3 is 4.74 Å². The maximum absolute atomic E-state index is 12.1. The molecule has 6 atom stereocenters. The van der Waals surface area contributed by atoms with Crippen LogP contribution in [0.25, 0.3) is 0 Å².